The number of rotatable bonds is 3. The van der Waals surface area contributed by atoms with Crippen molar-refractivity contribution in [3.8, 4) is 0 Å². The topological polar surface area (TPSA) is 54.9 Å². The lowest BCUT2D eigenvalue weighted by molar-refractivity contribution is 0.102. The Balaban J connectivity index is 2.14. The number of hydrogen-bond acceptors (Lipinski definition) is 3. The second-order valence-corrected chi connectivity index (χ2v) is 5.17. The van der Waals surface area contributed by atoms with E-state index in [4.69, 9.17) is 0 Å². The third kappa shape index (κ3) is 3.41. The highest BCUT2D eigenvalue weighted by Crippen LogP contribution is 2.17. The van der Waals surface area contributed by atoms with E-state index >= 15 is 0 Å². The lowest BCUT2D eigenvalue weighted by Gasteiger charge is -2.08. The van der Waals surface area contributed by atoms with Gasteiger partial charge in [0.25, 0.3) is 5.91 Å². The molecule has 0 fully saturated rings. The van der Waals surface area contributed by atoms with Crippen LogP contribution >= 0.6 is 0 Å². The van der Waals surface area contributed by atoms with E-state index in [0.29, 0.717) is 17.4 Å². The third-order valence-corrected chi connectivity index (χ3v) is 3.03. The zero-order valence-electron chi connectivity index (χ0n) is 12.3. The average Bonchev–Trinajstić information content (AvgIpc) is 2.38. The first-order chi connectivity index (χ1) is 9.45. The summed E-state index contributed by atoms with van der Waals surface area (Å²) in [4.78, 5) is 20.5. The molecule has 0 saturated carbocycles. The summed E-state index contributed by atoms with van der Waals surface area (Å²) in [6.07, 6.45) is 0. The van der Waals surface area contributed by atoms with E-state index in [1.54, 1.807) is 13.0 Å². The van der Waals surface area contributed by atoms with Crippen LogP contribution in [0.3, 0.4) is 0 Å². The first-order valence-corrected chi connectivity index (χ1v) is 6.69. The van der Waals surface area contributed by atoms with Crippen LogP contribution in [0.2, 0.25) is 0 Å². The molecule has 1 aromatic heterocycles. The van der Waals surface area contributed by atoms with Gasteiger partial charge in [-0.3, -0.25) is 4.79 Å². The third-order valence-electron chi connectivity index (χ3n) is 3.03. The van der Waals surface area contributed by atoms with Gasteiger partial charge in [0.05, 0.1) is 0 Å². The fraction of sp³-hybridized carbons (Fsp3) is 0.312. The van der Waals surface area contributed by atoms with E-state index in [1.807, 2.05) is 31.2 Å². The number of nitrogens with one attached hydrogen (secondary N) is 1. The average molecular weight is 269 g/mol. The fourth-order valence-electron chi connectivity index (χ4n) is 1.98. The monoisotopic (exact) mass is 269 g/mol. The van der Waals surface area contributed by atoms with Crippen molar-refractivity contribution in [2.45, 2.75) is 33.6 Å². The molecule has 1 N–H and O–H groups in total. The Morgan fingerprint density at radius 3 is 2.30 bits per heavy atom. The molecule has 20 heavy (non-hydrogen) atoms. The Kier molecular flexibility index (Phi) is 4.13. The second-order valence-electron chi connectivity index (χ2n) is 5.17. The number of nitrogens with zero attached hydrogens (tertiary/aromatic N) is 2. The minimum atomic E-state index is -0.212. The first-order valence-electron chi connectivity index (χ1n) is 6.69. The second kappa shape index (κ2) is 5.82. The van der Waals surface area contributed by atoms with Gasteiger partial charge in [0.1, 0.15) is 11.5 Å². The molecule has 4 heteroatoms. The van der Waals surface area contributed by atoms with E-state index in [2.05, 4.69) is 29.1 Å². The predicted molar refractivity (Wildman–Crippen MR) is 80.0 cm³/mol. The zero-order chi connectivity index (χ0) is 14.7. The van der Waals surface area contributed by atoms with Gasteiger partial charge in [-0.25, -0.2) is 9.97 Å². The Morgan fingerprint density at radius 2 is 1.75 bits per heavy atom. The summed E-state index contributed by atoms with van der Waals surface area (Å²) < 4.78 is 0. The number of anilines is 1. The molecule has 2 rings (SSSR count). The molecule has 2 aromatic rings. The van der Waals surface area contributed by atoms with E-state index < -0.39 is 0 Å². The number of carbonyl (C=O) groups excluding carboxylic acids is 1. The van der Waals surface area contributed by atoms with Gasteiger partial charge in [0.2, 0.25) is 0 Å². The van der Waals surface area contributed by atoms with Gasteiger partial charge in [0, 0.05) is 11.4 Å². The van der Waals surface area contributed by atoms with Crippen LogP contribution in [0, 0.1) is 13.8 Å². The molecule has 0 saturated heterocycles. The molecule has 1 amide bonds. The molecule has 0 unspecified atom stereocenters. The summed E-state index contributed by atoms with van der Waals surface area (Å²) in [6.45, 7) is 7.91. The van der Waals surface area contributed by atoms with Crippen molar-refractivity contribution in [1.82, 2.24) is 9.97 Å². The van der Waals surface area contributed by atoms with Gasteiger partial charge >= 0.3 is 0 Å². The van der Waals surface area contributed by atoms with Crippen LogP contribution < -0.4 is 5.32 Å². The maximum Gasteiger partial charge on any atom is 0.274 e. The maximum absolute atomic E-state index is 12.1. The molecule has 0 aliphatic heterocycles. The van der Waals surface area contributed by atoms with Gasteiger partial charge in [-0.05, 0) is 43.5 Å². The zero-order valence-corrected chi connectivity index (χ0v) is 12.3. The minimum Gasteiger partial charge on any atom is -0.321 e. The molecule has 0 bridgehead atoms. The number of aryl methyl sites for hydroxylation is 2. The normalized spacial score (nSPS) is 10.7. The molecule has 0 aliphatic rings. The van der Waals surface area contributed by atoms with Crippen LogP contribution in [0.4, 0.5) is 5.69 Å². The van der Waals surface area contributed by atoms with E-state index in [9.17, 15) is 4.79 Å². The molecule has 1 heterocycles. The van der Waals surface area contributed by atoms with Gasteiger partial charge < -0.3 is 5.32 Å². The highest BCUT2D eigenvalue weighted by atomic mass is 16.1. The lowest BCUT2D eigenvalue weighted by atomic mass is 10.0. The molecule has 0 radical (unpaired) electrons. The van der Waals surface area contributed by atoms with Gasteiger partial charge in [0.15, 0.2) is 0 Å². The van der Waals surface area contributed by atoms with Crippen molar-refractivity contribution in [2.75, 3.05) is 5.32 Å². The number of benzene rings is 1. The summed E-state index contributed by atoms with van der Waals surface area (Å²) in [7, 11) is 0. The molecule has 0 spiro atoms. The molecule has 4 nitrogen and oxygen atoms in total. The molecule has 104 valence electrons. The van der Waals surface area contributed by atoms with Crippen molar-refractivity contribution in [3.63, 3.8) is 0 Å². The van der Waals surface area contributed by atoms with Crippen LogP contribution in [-0.4, -0.2) is 15.9 Å². The number of hydrogen-bond donors (Lipinski definition) is 1. The summed E-state index contributed by atoms with van der Waals surface area (Å²) in [5.74, 6) is 0.869. The molecule has 0 atom stereocenters. The summed E-state index contributed by atoms with van der Waals surface area (Å²) >= 11 is 0. The fourth-order valence-corrected chi connectivity index (χ4v) is 1.98. The van der Waals surface area contributed by atoms with Crippen molar-refractivity contribution in [3.05, 3.63) is 53.1 Å². The first kappa shape index (κ1) is 14.2. The smallest absolute Gasteiger partial charge is 0.274 e. The van der Waals surface area contributed by atoms with Crippen molar-refractivity contribution in [2.24, 2.45) is 0 Å². The van der Waals surface area contributed by atoms with E-state index in [1.165, 1.54) is 5.56 Å². The Hall–Kier alpha value is -2.23. The summed E-state index contributed by atoms with van der Waals surface area (Å²) in [5.41, 5.74) is 3.20. The van der Waals surface area contributed by atoms with Crippen LogP contribution in [0.5, 0.6) is 0 Å². The standard InChI is InChI=1S/C16H19N3O/c1-10(2)13-5-7-14(8-6-13)19-16(20)15-9-11(3)17-12(4)18-15/h5-10H,1-4H3,(H,19,20). The Bertz CT molecular complexity index is 598. The van der Waals surface area contributed by atoms with Crippen LogP contribution in [0.25, 0.3) is 0 Å². The van der Waals surface area contributed by atoms with Crippen LogP contribution in [-0.2, 0) is 0 Å². The summed E-state index contributed by atoms with van der Waals surface area (Å²) in [6, 6.07) is 9.56. The van der Waals surface area contributed by atoms with Crippen molar-refractivity contribution < 1.29 is 4.79 Å². The predicted octanol–water partition coefficient (Wildman–Crippen LogP) is 3.47. The molecule has 1 aromatic carbocycles. The Labute approximate surface area is 119 Å². The number of carbonyl (C=O) groups is 1. The quantitative estimate of drug-likeness (QED) is 0.928. The largest absolute Gasteiger partial charge is 0.321 e. The van der Waals surface area contributed by atoms with Gasteiger partial charge in [-0.15, -0.1) is 0 Å². The van der Waals surface area contributed by atoms with Crippen molar-refractivity contribution >= 4 is 11.6 Å². The maximum atomic E-state index is 12.1. The number of amides is 1. The van der Waals surface area contributed by atoms with E-state index in [0.717, 1.165) is 11.4 Å². The highest BCUT2D eigenvalue weighted by molar-refractivity contribution is 6.02. The summed E-state index contributed by atoms with van der Waals surface area (Å²) in [5, 5.41) is 2.85. The number of aromatic nitrogens is 2. The SMILES string of the molecule is Cc1cc(C(=O)Nc2ccc(C(C)C)cc2)nc(C)n1. The molecular weight excluding hydrogens is 250 g/mol. The molecular formula is C16H19N3O. The highest BCUT2D eigenvalue weighted by Gasteiger charge is 2.09. The van der Waals surface area contributed by atoms with Crippen molar-refractivity contribution in [1.29, 1.82) is 0 Å². The van der Waals surface area contributed by atoms with Crippen LogP contribution in [0.1, 0.15) is 47.3 Å². The Morgan fingerprint density at radius 1 is 1.10 bits per heavy atom. The lowest BCUT2D eigenvalue weighted by Crippen LogP contribution is -2.15. The molecule has 0 aliphatic carbocycles. The van der Waals surface area contributed by atoms with Gasteiger partial charge in [-0.2, -0.15) is 0 Å². The minimum absolute atomic E-state index is 0.212. The van der Waals surface area contributed by atoms with Crippen LogP contribution in [0.15, 0.2) is 30.3 Å². The van der Waals surface area contributed by atoms with Gasteiger partial charge in [-0.1, -0.05) is 26.0 Å². The van der Waals surface area contributed by atoms with E-state index in [-0.39, 0.29) is 5.91 Å².